The Kier molecular flexibility index (Phi) is 7.15. The molecule has 0 bridgehead atoms. The Balaban J connectivity index is 0.00000324. The van der Waals surface area contributed by atoms with Crippen LogP contribution < -0.4 is 5.73 Å². The number of halogens is 4. The summed E-state index contributed by atoms with van der Waals surface area (Å²) in [5, 5.41) is 0. The van der Waals surface area contributed by atoms with Crippen molar-refractivity contribution in [2.75, 3.05) is 13.1 Å². The standard InChI is InChI=1S/C12H21F3N2O.ClH/c1-3-8(2)10(16)11(18)17-6-4-9(5-7-17)12(13,14)15;/h8-10H,3-7,16H2,1-2H3;1H. The second kappa shape index (κ2) is 7.33. The molecule has 1 aliphatic heterocycles. The summed E-state index contributed by atoms with van der Waals surface area (Å²) in [5.74, 6) is -1.44. The number of nitrogens with zero attached hydrogens (tertiary/aromatic N) is 1. The first-order valence-corrected chi connectivity index (χ1v) is 6.38. The van der Waals surface area contributed by atoms with E-state index in [1.807, 2.05) is 13.8 Å². The quantitative estimate of drug-likeness (QED) is 0.871. The fourth-order valence-electron chi connectivity index (χ4n) is 2.14. The molecule has 3 nitrogen and oxygen atoms in total. The Hall–Kier alpha value is -0.490. The Morgan fingerprint density at radius 2 is 1.84 bits per heavy atom. The third-order valence-electron chi connectivity index (χ3n) is 3.81. The summed E-state index contributed by atoms with van der Waals surface area (Å²) in [6.45, 7) is 4.14. The zero-order valence-electron chi connectivity index (χ0n) is 11.2. The van der Waals surface area contributed by atoms with Gasteiger partial charge in [0.15, 0.2) is 0 Å². The summed E-state index contributed by atoms with van der Waals surface area (Å²) in [6, 6.07) is -0.600. The Labute approximate surface area is 118 Å². The molecule has 0 radical (unpaired) electrons. The fraction of sp³-hybridized carbons (Fsp3) is 0.917. The fourth-order valence-corrected chi connectivity index (χ4v) is 2.14. The van der Waals surface area contributed by atoms with Gasteiger partial charge in [-0.25, -0.2) is 0 Å². The van der Waals surface area contributed by atoms with Crippen molar-refractivity contribution in [3.63, 3.8) is 0 Å². The Morgan fingerprint density at radius 3 is 2.21 bits per heavy atom. The van der Waals surface area contributed by atoms with Gasteiger partial charge in [-0.15, -0.1) is 12.4 Å². The average molecular weight is 303 g/mol. The molecule has 0 aliphatic carbocycles. The summed E-state index contributed by atoms with van der Waals surface area (Å²) in [4.78, 5) is 13.4. The highest BCUT2D eigenvalue weighted by atomic mass is 35.5. The predicted molar refractivity (Wildman–Crippen MR) is 70.0 cm³/mol. The second-order valence-electron chi connectivity index (χ2n) is 5.05. The highest BCUT2D eigenvalue weighted by molar-refractivity contribution is 5.85. The molecule has 2 atom stereocenters. The number of rotatable bonds is 3. The Morgan fingerprint density at radius 1 is 1.37 bits per heavy atom. The number of hydrogen-bond acceptors (Lipinski definition) is 2. The molecular formula is C12H22ClF3N2O. The van der Waals surface area contributed by atoms with Gasteiger partial charge in [0.2, 0.25) is 5.91 Å². The number of alkyl halides is 3. The molecule has 0 aromatic heterocycles. The van der Waals surface area contributed by atoms with E-state index in [4.69, 9.17) is 5.73 Å². The van der Waals surface area contributed by atoms with Gasteiger partial charge in [0, 0.05) is 13.1 Å². The van der Waals surface area contributed by atoms with E-state index in [9.17, 15) is 18.0 Å². The van der Waals surface area contributed by atoms with Gasteiger partial charge in [0.05, 0.1) is 12.0 Å². The van der Waals surface area contributed by atoms with Crippen LogP contribution in [0.15, 0.2) is 0 Å². The van der Waals surface area contributed by atoms with E-state index in [0.29, 0.717) is 0 Å². The van der Waals surface area contributed by atoms with E-state index < -0.39 is 18.1 Å². The van der Waals surface area contributed by atoms with Crippen molar-refractivity contribution < 1.29 is 18.0 Å². The highest BCUT2D eigenvalue weighted by Gasteiger charge is 2.42. The van der Waals surface area contributed by atoms with E-state index in [2.05, 4.69) is 0 Å². The van der Waals surface area contributed by atoms with E-state index in [-0.39, 0.29) is 50.2 Å². The summed E-state index contributed by atoms with van der Waals surface area (Å²) in [5.41, 5.74) is 5.81. The zero-order valence-corrected chi connectivity index (χ0v) is 12.1. The number of amides is 1. The number of carbonyl (C=O) groups is 1. The topological polar surface area (TPSA) is 46.3 Å². The van der Waals surface area contributed by atoms with E-state index in [1.165, 1.54) is 4.90 Å². The molecule has 1 saturated heterocycles. The number of piperidine rings is 1. The molecule has 0 aromatic carbocycles. The minimum Gasteiger partial charge on any atom is -0.341 e. The summed E-state index contributed by atoms with van der Waals surface area (Å²) < 4.78 is 37.4. The van der Waals surface area contributed by atoms with Crippen LogP contribution in [0.1, 0.15) is 33.1 Å². The molecule has 2 unspecified atom stereocenters. The molecule has 7 heteroatoms. The van der Waals surface area contributed by atoms with Crippen LogP contribution in [0.2, 0.25) is 0 Å². The molecule has 2 N–H and O–H groups in total. The van der Waals surface area contributed by atoms with Crippen molar-refractivity contribution in [2.45, 2.75) is 45.3 Å². The third kappa shape index (κ3) is 4.84. The van der Waals surface area contributed by atoms with E-state index in [1.54, 1.807) is 0 Å². The molecule has 1 aliphatic rings. The van der Waals surface area contributed by atoms with Crippen LogP contribution >= 0.6 is 12.4 Å². The van der Waals surface area contributed by atoms with Crippen molar-refractivity contribution >= 4 is 18.3 Å². The maximum Gasteiger partial charge on any atom is 0.391 e. The van der Waals surface area contributed by atoms with Crippen LogP contribution in [0.5, 0.6) is 0 Å². The number of nitrogens with two attached hydrogens (primary N) is 1. The average Bonchev–Trinajstić information content (AvgIpc) is 2.35. The predicted octanol–water partition coefficient (Wildman–Crippen LogP) is 2.58. The number of likely N-dealkylation sites (tertiary alicyclic amines) is 1. The molecule has 114 valence electrons. The molecule has 0 saturated carbocycles. The maximum atomic E-state index is 12.5. The van der Waals surface area contributed by atoms with Crippen LogP contribution in [0.25, 0.3) is 0 Å². The lowest BCUT2D eigenvalue weighted by atomic mass is 9.94. The van der Waals surface area contributed by atoms with Crippen molar-refractivity contribution in [1.82, 2.24) is 4.90 Å². The van der Waals surface area contributed by atoms with Crippen LogP contribution in [-0.2, 0) is 4.79 Å². The lowest BCUT2D eigenvalue weighted by Crippen LogP contribution is -2.50. The van der Waals surface area contributed by atoms with E-state index in [0.717, 1.165) is 6.42 Å². The number of hydrogen-bond donors (Lipinski definition) is 1. The lowest BCUT2D eigenvalue weighted by molar-refractivity contribution is -0.186. The number of carbonyl (C=O) groups excluding carboxylic acids is 1. The first-order valence-electron chi connectivity index (χ1n) is 6.38. The largest absolute Gasteiger partial charge is 0.391 e. The molecule has 1 heterocycles. The molecule has 1 rings (SSSR count). The van der Waals surface area contributed by atoms with Crippen LogP contribution in [0.3, 0.4) is 0 Å². The smallest absolute Gasteiger partial charge is 0.341 e. The van der Waals surface area contributed by atoms with Crippen molar-refractivity contribution in [3.8, 4) is 0 Å². The van der Waals surface area contributed by atoms with Crippen molar-refractivity contribution in [2.24, 2.45) is 17.6 Å². The van der Waals surface area contributed by atoms with Crippen LogP contribution in [0, 0.1) is 11.8 Å². The minimum atomic E-state index is -4.14. The van der Waals surface area contributed by atoms with E-state index >= 15 is 0 Å². The summed E-state index contributed by atoms with van der Waals surface area (Å²) in [7, 11) is 0. The molecule has 19 heavy (non-hydrogen) atoms. The molecule has 1 amide bonds. The SMILES string of the molecule is CCC(C)C(N)C(=O)N1CCC(C(F)(F)F)CC1.Cl. The Bertz CT molecular complexity index is 291. The first-order chi connectivity index (χ1) is 8.27. The third-order valence-corrected chi connectivity index (χ3v) is 3.81. The van der Waals surface area contributed by atoms with Crippen LogP contribution in [0.4, 0.5) is 13.2 Å². The van der Waals surface area contributed by atoms with Gasteiger partial charge >= 0.3 is 6.18 Å². The van der Waals surface area contributed by atoms with Gasteiger partial charge in [-0.05, 0) is 18.8 Å². The summed E-state index contributed by atoms with van der Waals surface area (Å²) in [6.07, 6.45) is -3.38. The lowest BCUT2D eigenvalue weighted by Gasteiger charge is -2.35. The second-order valence-corrected chi connectivity index (χ2v) is 5.05. The highest BCUT2D eigenvalue weighted by Crippen LogP contribution is 2.34. The molecule has 0 spiro atoms. The first kappa shape index (κ1) is 18.5. The van der Waals surface area contributed by atoms with Gasteiger partial charge in [-0.2, -0.15) is 13.2 Å². The zero-order chi connectivity index (χ0) is 13.9. The van der Waals surface area contributed by atoms with Gasteiger partial charge in [0.25, 0.3) is 0 Å². The normalized spacial score (nSPS) is 20.6. The molecule has 0 aromatic rings. The van der Waals surface area contributed by atoms with Gasteiger partial charge in [0.1, 0.15) is 0 Å². The molecular weight excluding hydrogens is 281 g/mol. The van der Waals surface area contributed by atoms with Crippen molar-refractivity contribution in [1.29, 1.82) is 0 Å². The summed E-state index contributed by atoms with van der Waals surface area (Å²) >= 11 is 0. The van der Waals surface area contributed by atoms with Gasteiger partial charge < -0.3 is 10.6 Å². The monoisotopic (exact) mass is 302 g/mol. The maximum absolute atomic E-state index is 12.5. The van der Waals surface area contributed by atoms with Gasteiger partial charge in [-0.1, -0.05) is 20.3 Å². The minimum absolute atomic E-state index is 0. The molecule has 1 fully saturated rings. The van der Waals surface area contributed by atoms with Crippen molar-refractivity contribution in [3.05, 3.63) is 0 Å². The van der Waals surface area contributed by atoms with Gasteiger partial charge in [-0.3, -0.25) is 4.79 Å². The van der Waals surface area contributed by atoms with Crippen LogP contribution in [-0.4, -0.2) is 36.1 Å².